The number of aliphatic hydroxyl groups excluding tert-OH is 1. The first-order chi connectivity index (χ1) is 7.95. The molecule has 1 aromatic carbocycles. The minimum atomic E-state index is -0.553. The second-order valence-electron chi connectivity index (χ2n) is 3.48. The zero-order chi connectivity index (χ0) is 13.0. The average Bonchev–Trinajstić information content (AvgIpc) is 2.28. The number of hydrogen-bond donors (Lipinski definition) is 2. The van der Waals surface area contributed by atoms with Crippen molar-refractivity contribution in [3.8, 4) is 0 Å². The minimum absolute atomic E-state index is 0.132. The molecule has 0 fully saturated rings. The monoisotopic (exact) mass is 350 g/mol. The second kappa shape index (κ2) is 5.92. The Hall–Kier alpha value is -1.22. The Bertz CT molecular complexity index is 450. The van der Waals surface area contributed by atoms with Gasteiger partial charge in [0.25, 0.3) is 11.6 Å². The molecule has 1 aromatic rings. The van der Waals surface area contributed by atoms with Crippen LogP contribution < -0.4 is 5.32 Å². The lowest BCUT2D eigenvalue weighted by atomic mass is 10.2. The summed E-state index contributed by atoms with van der Waals surface area (Å²) in [5.41, 5.74) is 0.104. The van der Waals surface area contributed by atoms with Crippen LogP contribution in [0.15, 0.2) is 18.2 Å². The largest absolute Gasteiger partial charge is 0.394 e. The number of halogens is 1. The molecule has 6 nitrogen and oxygen atoms in total. The smallest absolute Gasteiger partial charge is 0.270 e. The van der Waals surface area contributed by atoms with E-state index >= 15 is 0 Å². The summed E-state index contributed by atoms with van der Waals surface area (Å²) in [5, 5.41) is 22.0. The van der Waals surface area contributed by atoms with Gasteiger partial charge in [0.1, 0.15) is 0 Å². The number of amides is 1. The van der Waals surface area contributed by atoms with Gasteiger partial charge in [0.15, 0.2) is 0 Å². The summed E-state index contributed by atoms with van der Waals surface area (Å²) in [5.74, 6) is -0.431. The third-order valence-electron chi connectivity index (χ3n) is 2.06. The summed E-state index contributed by atoms with van der Waals surface area (Å²) >= 11 is 1.93. The molecule has 0 aliphatic rings. The Morgan fingerprint density at radius 3 is 2.82 bits per heavy atom. The fourth-order valence-corrected chi connectivity index (χ4v) is 1.73. The van der Waals surface area contributed by atoms with Crippen molar-refractivity contribution in [1.29, 1.82) is 0 Å². The van der Waals surface area contributed by atoms with Gasteiger partial charge in [-0.25, -0.2) is 0 Å². The lowest BCUT2D eigenvalue weighted by molar-refractivity contribution is -0.384. The zero-order valence-electron chi connectivity index (χ0n) is 9.01. The van der Waals surface area contributed by atoms with Crippen molar-refractivity contribution in [2.24, 2.45) is 0 Å². The van der Waals surface area contributed by atoms with E-state index in [2.05, 4.69) is 5.32 Å². The zero-order valence-corrected chi connectivity index (χ0v) is 11.2. The van der Waals surface area contributed by atoms with Gasteiger partial charge in [-0.1, -0.05) is 0 Å². The molecule has 1 rings (SSSR count). The molecular weight excluding hydrogens is 339 g/mol. The summed E-state index contributed by atoms with van der Waals surface area (Å²) in [6.45, 7) is 1.46. The van der Waals surface area contributed by atoms with E-state index in [1.807, 2.05) is 22.6 Å². The van der Waals surface area contributed by atoms with Gasteiger partial charge in [-0.15, -0.1) is 0 Å². The molecule has 0 unspecified atom stereocenters. The predicted molar refractivity (Wildman–Crippen MR) is 69.8 cm³/mol. The highest BCUT2D eigenvalue weighted by molar-refractivity contribution is 14.1. The van der Waals surface area contributed by atoms with Gasteiger partial charge in [0.05, 0.1) is 17.1 Å². The van der Waals surface area contributed by atoms with Gasteiger partial charge < -0.3 is 10.4 Å². The summed E-state index contributed by atoms with van der Waals surface area (Å²) < 4.78 is 0.621. The molecule has 0 radical (unpaired) electrons. The van der Waals surface area contributed by atoms with Crippen molar-refractivity contribution >= 4 is 34.2 Å². The third-order valence-corrected chi connectivity index (χ3v) is 3.00. The number of hydrogen-bond acceptors (Lipinski definition) is 4. The number of rotatable bonds is 4. The molecular formula is C10H11IN2O4. The Kier molecular flexibility index (Phi) is 4.82. The molecule has 0 saturated carbocycles. The van der Waals surface area contributed by atoms with Crippen LogP contribution in [0, 0.1) is 13.7 Å². The number of carbonyl (C=O) groups excluding carboxylic acids is 1. The maximum atomic E-state index is 11.8. The van der Waals surface area contributed by atoms with Gasteiger partial charge in [-0.3, -0.25) is 14.9 Å². The first-order valence-electron chi connectivity index (χ1n) is 4.81. The van der Waals surface area contributed by atoms with E-state index in [1.54, 1.807) is 6.92 Å². The number of nitro benzene ring substituents is 1. The maximum Gasteiger partial charge on any atom is 0.270 e. The lowest BCUT2D eigenvalue weighted by Gasteiger charge is -2.11. The highest BCUT2D eigenvalue weighted by Crippen LogP contribution is 2.19. The number of nitrogens with zero attached hydrogens (tertiary/aromatic N) is 1. The first kappa shape index (κ1) is 13.8. The molecule has 0 heterocycles. The van der Waals surface area contributed by atoms with Crippen molar-refractivity contribution in [2.75, 3.05) is 6.61 Å². The molecule has 2 N–H and O–H groups in total. The topological polar surface area (TPSA) is 92.5 Å². The van der Waals surface area contributed by atoms with Crippen molar-refractivity contribution in [3.05, 3.63) is 37.4 Å². The van der Waals surface area contributed by atoms with Crippen LogP contribution in [-0.4, -0.2) is 28.6 Å². The predicted octanol–water partition coefficient (Wildman–Crippen LogP) is 1.31. The normalized spacial score (nSPS) is 11.9. The van der Waals surface area contributed by atoms with Crippen LogP contribution in [0.25, 0.3) is 0 Å². The van der Waals surface area contributed by atoms with Crippen LogP contribution in [-0.2, 0) is 0 Å². The van der Waals surface area contributed by atoms with Crippen LogP contribution in [0.2, 0.25) is 0 Å². The summed E-state index contributed by atoms with van der Waals surface area (Å²) in [6, 6.07) is 3.68. The van der Waals surface area contributed by atoms with Crippen molar-refractivity contribution < 1.29 is 14.8 Å². The average molecular weight is 350 g/mol. The molecule has 0 bridgehead atoms. The number of benzene rings is 1. The van der Waals surface area contributed by atoms with Crippen LogP contribution in [0.3, 0.4) is 0 Å². The fourth-order valence-electron chi connectivity index (χ4n) is 1.15. The van der Waals surface area contributed by atoms with E-state index in [0.717, 1.165) is 0 Å². The van der Waals surface area contributed by atoms with E-state index in [9.17, 15) is 14.9 Å². The molecule has 1 amide bonds. The summed E-state index contributed by atoms with van der Waals surface area (Å²) in [4.78, 5) is 21.8. The van der Waals surface area contributed by atoms with Crippen molar-refractivity contribution in [3.63, 3.8) is 0 Å². The molecule has 17 heavy (non-hydrogen) atoms. The molecule has 0 saturated heterocycles. The summed E-state index contributed by atoms with van der Waals surface area (Å²) in [6.07, 6.45) is 0. The number of nitro groups is 1. The van der Waals surface area contributed by atoms with Gasteiger partial charge >= 0.3 is 0 Å². The number of aliphatic hydroxyl groups is 1. The number of carbonyl (C=O) groups is 1. The van der Waals surface area contributed by atoms with Crippen molar-refractivity contribution in [2.45, 2.75) is 13.0 Å². The molecule has 92 valence electrons. The molecule has 7 heteroatoms. The maximum absolute atomic E-state index is 11.8. The Morgan fingerprint density at radius 1 is 1.65 bits per heavy atom. The summed E-state index contributed by atoms with van der Waals surface area (Å²) in [7, 11) is 0. The molecule has 0 aliphatic heterocycles. The van der Waals surface area contributed by atoms with E-state index < -0.39 is 16.9 Å². The number of non-ortho nitro benzene ring substituents is 1. The first-order valence-corrected chi connectivity index (χ1v) is 5.89. The van der Waals surface area contributed by atoms with Gasteiger partial charge in [-0.2, -0.15) is 0 Å². The molecule has 0 spiro atoms. The Balaban J connectivity index is 3.00. The van der Waals surface area contributed by atoms with Gasteiger partial charge in [0.2, 0.25) is 0 Å². The molecule has 1 atom stereocenters. The Morgan fingerprint density at radius 2 is 2.29 bits per heavy atom. The Labute approximate surface area is 111 Å². The highest BCUT2D eigenvalue weighted by atomic mass is 127. The van der Waals surface area contributed by atoms with Crippen molar-refractivity contribution in [1.82, 2.24) is 5.32 Å². The van der Waals surface area contributed by atoms with Crippen LogP contribution in [0.1, 0.15) is 17.3 Å². The van der Waals surface area contributed by atoms with E-state index in [0.29, 0.717) is 3.57 Å². The molecule has 0 aliphatic carbocycles. The quantitative estimate of drug-likeness (QED) is 0.487. The van der Waals surface area contributed by atoms with E-state index in [-0.39, 0.29) is 17.9 Å². The minimum Gasteiger partial charge on any atom is -0.394 e. The third kappa shape index (κ3) is 3.63. The van der Waals surface area contributed by atoms with Crippen LogP contribution in [0.5, 0.6) is 0 Å². The van der Waals surface area contributed by atoms with Gasteiger partial charge in [0, 0.05) is 21.7 Å². The van der Waals surface area contributed by atoms with E-state index in [1.165, 1.54) is 18.2 Å². The van der Waals surface area contributed by atoms with E-state index in [4.69, 9.17) is 5.11 Å². The second-order valence-corrected chi connectivity index (χ2v) is 4.64. The SMILES string of the molecule is C[C@H](CO)NC(=O)c1cc([N+](=O)[O-])ccc1I. The van der Waals surface area contributed by atoms with Crippen LogP contribution >= 0.6 is 22.6 Å². The fraction of sp³-hybridized carbons (Fsp3) is 0.300. The highest BCUT2D eigenvalue weighted by Gasteiger charge is 2.16. The standard InChI is InChI=1S/C10H11IN2O4/c1-6(5-14)12-10(15)8-4-7(13(16)17)2-3-9(8)11/h2-4,6,14H,5H2,1H3,(H,12,15)/t6-/m1/s1. The van der Waals surface area contributed by atoms with Crippen LogP contribution in [0.4, 0.5) is 5.69 Å². The lowest BCUT2D eigenvalue weighted by Crippen LogP contribution is -2.35. The van der Waals surface area contributed by atoms with Gasteiger partial charge in [-0.05, 0) is 35.6 Å². The number of nitrogens with one attached hydrogen (secondary N) is 1. The molecule has 0 aromatic heterocycles.